The third-order valence-electron chi connectivity index (χ3n) is 9.55. The van der Waals surface area contributed by atoms with Crippen LogP contribution in [0, 0.1) is 0 Å². The third-order valence-corrected chi connectivity index (χ3v) is 9.55. The van der Waals surface area contributed by atoms with E-state index in [1.54, 1.807) is 12.1 Å². The number of hydrogen-bond acceptors (Lipinski definition) is 5. The summed E-state index contributed by atoms with van der Waals surface area (Å²) in [6.07, 6.45) is -2.22. The minimum Gasteiger partial charge on any atom is -0.453 e. The summed E-state index contributed by atoms with van der Waals surface area (Å²) < 4.78 is 85.4. The van der Waals surface area contributed by atoms with Gasteiger partial charge in [0.25, 0.3) is 0 Å². The molecule has 0 amide bonds. The van der Waals surface area contributed by atoms with Gasteiger partial charge in [-0.2, -0.15) is 26.3 Å². The quantitative estimate of drug-likeness (QED) is 0.0862. The average molecular weight is 843 g/mol. The summed E-state index contributed by atoms with van der Waals surface area (Å²) in [6.45, 7) is 11.3. The smallest absolute Gasteiger partial charge is 0.416 e. The molecule has 5 nitrogen and oxygen atoms in total. The van der Waals surface area contributed by atoms with Gasteiger partial charge in [0.2, 0.25) is 0 Å². The molecule has 6 aromatic carbocycles. The van der Waals surface area contributed by atoms with E-state index >= 15 is 0 Å². The van der Waals surface area contributed by atoms with Gasteiger partial charge in [-0.15, -0.1) is 0 Å². The van der Waals surface area contributed by atoms with Crippen molar-refractivity contribution in [2.45, 2.75) is 64.2 Å². The molecule has 1 unspecified atom stereocenters. The molecule has 61 heavy (non-hydrogen) atoms. The molecule has 6 aromatic rings. The summed E-state index contributed by atoms with van der Waals surface area (Å²) >= 11 is 0. The number of carbonyl (C=O) groups excluding carboxylic acids is 1. The van der Waals surface area contributed by atoms with E-state index in [9.17, 15) is 31.1 Å². The number of halogens is 6. The minimum atomic E-state index is -4.42. The lowest BCUT2D eigenvalue weighted by Gasteiger charge is -2.15. The Morgan fingerprint density at radius 1 is 0.738 bits per heavy atom. The van der Waals surface area contributed by atoms with Crippen LogP contribution in [0.4, 0.5) is 26.3 Å². The maximum absolute atomic E-state index is 12.7. The molecule has 1 aliphatic rings. The number of fused-ring (bicyclic) bond motifs is 2. The van der Waals surface area contributed by atoms with Crippen LogP contribution in [-0.2, 0) is 26.6 Å². The normalized spacial score (nSPS) is 14.1. The summed E-state index contributed by atoms with van der Waals surface area (Å²) in [5, 5.41) is 8.32. The molecule has 0 aliphatic carbocycles. The third kappa shape index (κ3) is 15.3. The highest BCUT2D eigenvalue weighted by atomic mass is 19.4. The first-order valence-corrected chi connectivity index (χ1v) is 19.9. The fourth-order valence-corrected chi connectivity index (χ4v) is 6.48. The van der Waals surface area contributed by atoms with Crippen LogP contribution >= 0.6 is 0 Å². The Bertz CT molecular complexity index is 2320. The Hall–Kier alpha value is -5.75. The van der Waals surface area contributed by atoms with E-state index in [1.165, 1.54) is 76.7 Å². The van der Waals surface area contributed by atoms with Gasteiger partial charge in [0.1, 0.15) is 6.10 Å². The molecule has 1 heterocycles. The van der Waals surface area contributed by atoms with Crippen LogP contribution in [0.1, 0.15) is 85.2 Å². The van der Waals surface area contributed by atoms with Crippen LogP contribution in [0.15, 0.2) is 152 Å². The van der Waals surface area contributed by atoms with Crippen molar-refractivity contribution in [1.29, 1.82) is 0 Å². The fraction of sp³-hybridized carbons (Fsp3) is 0.260. The van der Waals surface area contributed by atoms with E-state index in [2.05, 4.69) is 73.4 Å². The van der Waals surface area contributed by atoms with Gasteiger partial charge < -0.3 is 20.5 Å². The molecule has 0 saturated carbocycles. The van der Waals surface area contributed by atoms with Crippen molar-refractivity contribution in [2.75, 3.05) is 19.8 Å². The summed E-state index contributed by atoms with van der Waals surface area (Å²) in [6, 6.07) is 39.2. The van der Waals surface area contributed by atoms with Crippen LogP contribution in [0.25, 0.3) is 27.6 Å². The van der Waals surface area contributed by atoms with E-state index < -0.39 is 35.6 Å². The first-order chi connectivity index (χ1) is 29.1. The molecule has 1 aliphatic heterocycles. The standard InChI is InChI=1S/C22H20F3N.C12H11F3O2.C12H13N.C4H8O/c1-16(20-13-5-10-18-9-2-3-12-21(18)20)26-14-6-8-17-7-4-11-19(15-17)22(23,24)25;1-3-11(17-8(2)16)9-5-4-6-10(7-9)12(13,14)15;1-9(13)11-8-4-6-10-5-2-3-7-12(10)11;1-2-4-5-3-1/h2-13,15-16,26H,14H2,1H3;3-7,11H,1H2,2H3;2-9H,13H2,1H3;1-4H2/b8-6+;;;/t16-;;9-;/m1.1./s1. The topological polar surface area (TPSA) is 73.6 Å². The van der Waals surface area contributed by atoms with Crippen molar-refractivity contribution in [3.63, 3.8) is 0 Å². The van der Waals surface area contributed by atoms with Crippen molar-refractivity contribution >= 4 is 33.6 Å². The second-order valence-corrected chi connectivity index (χ2v) is 14.3. The number of carbonyl (C=O) groups is 1. The van der Waals surface area contributed by atoms with Gasteiger partial charge in [0.05, 0.1) is 11.1 Å². The zero-order valence-electron chi connectivity index (χ0n) is 34.5. The molecule has 7 rings (SSSR count). The van der Waals surface area contributed by atoms with Gasteiger partial charge in [-0.05, 0) is 101 Å². The summed E-state index contributed by atoms with van der Waals surface area (Å²) in [4.78, 5) is 10.8. The number of esters is 1. The Labute approximate surface area is 353 Å². The summed E-state index contributed by atoms with van der Waals surface area (Å²) in [5.41, 5.74) is 7.68. The van der Waals surface area contributed by atoms with Crippen molar-refractivity contribution in [2.24, 2.45) is 5.73 Å². The van der Waals surface area contributed by atoms with Gasteiger partial charge in [-0.25, -0.2) is 0 Å². The molecule has 0 aromatic heterocycles. The molecule has 0 spiro atoms. The van der Waals surface area contributed by atoms with Crippen molar-refractivity contribution < 1.29 is 40.6 Å². The molecular weight excluding hydrogens is 791 g/mol. The zero-order valence-corrected chi connectivity index (χ0v) is 34.5. The van der Waals surface area contributed by atoms with Gasteiger partial charge in [-0.3, -0.25) is 4.79 Å². The number of rotatable bonds is 9. The predicted molar refractivity (Wildman–Crippen MR) is 234 cm³/mol. The molecule has 3 atom stereocenters. The Balaban J connectivity index is 0.000000201. The first-order valence-electron chi connectivity index (χ1n) is 19.9. The van der Waals surface area contributed by atoms with Gasteiger partial charge in [0, 0.05) is 38.8 Å². The molecule has 1 fully saturated rings. The lowest BCUT2D eigenvalue weighted by Crippen LogP contribution is -2.18. The Kier molecular flexibility index (Phi) is 18.3. The van der Waals surface area contributed by atoms with Crippen LogP contribution < -0.4 is 11.1 Å². The lowest BCUT2D eigenvalue weighted by atomic mass is 10.00. The van der Waals surface area contributed by atoms with Crippen LogP contribution in [0.3, 0.4) is 0 Å². The van der Waals surface area contributed by atoms with Gasteiger partial charge in [-0.1, -0.05) is 128 Å². The van der Waals surface area contributed by atoms with E-state index in [0.717, 1.165) is 37.5 Å². The number of nitrogens with two attached hydrogens (primary N) is 1. The number of benzene rings is 6. The highest BCUT2D eigenvalue weighted by Gasteiger charge is 2.31. The lowest BCUT2D eigenvalue weighted by molar-refractivity contribution is -0.144. The van der Waals surface area contributed by atoms with E-state index in [-0.39, 0.29) is 17.6 Å². The Morgan fingerprint density at radius 2 is 1.25 bits per heavy atom. The van der Waals surface area contributed by atoms with Gasteiger partial charge >= 0.3 is 18.3 Å². The van der Waals surface area contributed by atoms with E-state index in [4.69, 9.17) is 15.2 Å². The highest BCUT2D eigenvalue weighted by molar-refractivity contribution is 5.86. The molecule has 11 heteroatoms. The fourth-order valence-electron chi connectivity index (χ4n) is 6.48. The van der Waals surface area contributed by atoms with Gasteiger partial charge in [0.15, 0.2) is 0 Å². The van der Waals surface area contributed by atoms with Crippen LogP contribution in [-0.4, -0.2) is 25.7 Å². The highest BCUT2D eigenvalue weighted by Crippen LogP contribution is 2.32. The predicted octanol–water partition coefficient (Wildman–Crippen LogP) is 13.4. The largest absolute Gasteiger partial charge is 0.453 e. The summed E-state index contributed by atoms with van der Waals surface area (Å²) in [7, 11) is 0. The first kappa shape index (κ1) is 47.9. The number of alkyl halides is 6. The van der Waals surface area contributed by atoms with Crippen molar-refractivity contribution in [3.8, 4) is 0 Å². The van der Waals surface area contributed by atoms with Crippen LogP contribution in [0.2, 0.25) is 0 Å². The molecule has 1 saturated heterocycles. The minimum absolute atomic E-state index is 0.103. The van der Waals surface area contributed by atoms with Crippen molar-refractivity contribution in [3.05, 3.63) is 186 Å². The second kappa shape index (κ2) is 23.3. The maximum atomic E-state index is 12.7. The molecule has 322 valence electrons. The van der Waals surface area contributed by atoms with E-state index in [1.807, 2.05) is 43.3 Å². The molecular formula is C50H52F6N2O3. The SMILES string of the molecule is C1CCOC1.C=CC(OC(C)=O)c1cccc(C(F)(F)F)c1.C[C@@H](N)c1cccc2ccccc12.C[C@@H](NC/C=C/c1cccc(C(F)(F)F)c1)c1cccc2ccccc12. The van der Waals surface area contributed by atoms with Crippen molar-refractivity contribution in [1.82, 2.24) is 5.32 Å². The molecule has 0 radical (unpaired) electrons. The van der Waals surface area contributed by atoms with Crippen LogP contribution in [0.5, 0.6) is 0 Å². The maximum Gasteiger partial charge on any atom is 0.416 e. The second-order valence-electron chi connectivity index (χ2n) is 14.3. The Morgan fingerprint density at radius 3 is 1.77 bits per heavy atom. The van der Waals surface area contributed by atoms with E-state index in [0.29, 0.717) is 12.1 Å². The molecule has 3 N–H and O–H groups in total. The zero-order chi connectivity index (χ0) is 44.4. The average Bonchev–Trinajstić information content (AvgIpc) is 3.85. The number of hydrogen-bond donors (Lipinski definition) is 2. The number of ether oxygens (including phenoxy) is 2. The monoisotopic (exact) mass is 842 g/mol. The molecule has 0 bridgehead atoms. The summed E-state index contributed by atoms with van der Waals surface area (Å²) in [5.74, 6) is -0.577. The number of nitrogens with one attached hydrogen (secondary N) is 1.